The van der Waals surface area contributed by atoms with Gasteiger partial charge in [-0.25, -0.2) is 15.0 Å². The first-order valence-electron chi connectivity index (χ1n) is 20.1. The molecule has 282 valence electrons. The maximum absolute atomic E-state index is 11.0. The van der Waals surface area contributed by atoms with Gasteiger partial charge in [0, 0.05) is 38.6 Å². The first-order chi connectivity index (χ1) is 30.1. The fraction of sp³-hybridized carbons (Fsp3) is 0.0185. The molecule has 0 amide bonds. The van der Waals surface area contributed by atoms with E-state index in [4.69, 9.17) is 19.7 Å². The minimum atomic E-state index is -0.645. The molecule has 0 fully saturated rings. The average molecular weight is 779 g/mol. The molecular weight excluding hydrogens is 749 g/mol. The number of ether oxygens (including phenoxy) is 1. The Balaban J connectivity index is 1.12. The number of aromatic nitrogens is 4. The molecule has 1 aliphatic carbocycles. The Morgan fingerprint density at radius 2 is 0.934 bits per heavy atom. The Kier molecular flexibility index (Phi) is 7.44. The van der Waals surface area contributed by atoms with Crippen molar-refractivity contribution in [2.75, 3.05) is 0 Å². The average Bonchev–Trinajstić information content (AvgIpc) is 3.80. The van der Waals surface area contributed by atoms with Crippen LogP contribution in [0.4, 0.5) is 0 Å². The van der Waals surface area contributed by atoms with Crippen LogP contribution in [0.1, 0.15) is 33.4 Å². The molecule has 1 spiro atoms. The van der Waals surface area contributed by atoms with E-state index < -0.39 is 5.41 Å². The van der Waals surface area contributed by atoms with E-state index in [1.807, 2.05) is 84.9 Å². The Bertz CT molecular complexity index is 3400. The van der Waals surface area contributed by atoms with Crippen LogP contribution >= 0.6 is 0 Å². The van der Waals surface area contributed by atoms with Crippen LogP contribution in [0.3, 0.4) is 0 Å². The van der Waals surface area contributed by atoms with Gasteiger partial charge in [0.1, 0.15) is 23.6 Å². The van der Waals surface area contributed by atoms with Crippen molar-refractivity contribution in [3.05, 3.63) is 215 Å². The molecule has 1 aliphatic heterocycles. The van der Waals surface area contributed by atoms with Crippen molar-refractivity contribution < 1.29 is 4.74 Å². The summed E-state index contributed by atoms with van der Waals surface area (Å²) in [6, 6.07) is 66.1. The van der Waals surface area contributed by atoms with E-state index in [2.05, 4.69) is 102 Å². The highest BCUT2D eigenvalue weighted by Crippen LogP contribution is 2.62. The van der Waals surface area contributed by atoms with Crippen LogP contribution < -0.4 is 4.74 Å². The number of fused-ring (bicyclic) bond motifs is 12. The minimum Gasteiger partial charge on any atom is -0.457 e. The van der Waals surface area contributed by atoms with E-state index in [9.17, 15) is 10.5 Å². The summed E-state index contributed by atoms with van der Waals surface area (Å²) >= 11 is 0. The van der Waals surface area contributed by atoms with Crippen molar-refractivity contribution in [1.82, 2.24) is 19.5 Å². The normalized spacial score (nSPS) is 12.8. The second-order valence-electron chi connectivity index (χ2n) is 15.3. The Labute approximate surface area is 350 Å². The van der Waals surface area contributed by atoms with Gasteiger partial charge in [0.25, 0.3) is 0 Å². The van der Waals surface area contributed by atoms with E-state index in [1.54, 1.807) is 12.1 Å². The molecule has 0 bridgehead atoms. The lowest BCUT2D eigenvalue weighted by atomic mass is 9.66. The first-order valence-corrected chi connectivity index (χ1v) is 20.1. The largest absolute Gasteiger partial charge is 0.457 e. The van der Waals surface area contributed by atoms with Gasteiger partial charge in [-0.15, -0.1) is 0 Å². The van der Waals surface area contributed by atoms with Crippen LogP contribution in [0.2, 0.25) is 0 Å². The third-order valence-corrected chi connectivity index (χ3v) is 12.2. The Morgan fingerprint density at radius 3 is 1.54 bits per heavy atom. The molecule has 7 nitrogen and oxygen atoms in total. The number of para-hydroxylation sites is 3. The summed E-state index contributed by atoms with van der Waals surface area (Å²) in [6.45, 7) is 0. The van der Waals surface area contributed by atoms with Gasteiger partial charge in [-0.05, 0) is 64.7 Å². The highest BCUT2D eigenvalue weighted by molar-refractivity contribution is 6.12. The van der Waals surface area contributed by atoms with Crippen molar-refractivity contribution in [2.45, 2.75) is 5.41 Å². The molecule has 0 saturated heterocycles. The Hall–Kier alpha value is -8.65. The number of hydrogen-bond donors (Lipinski definition) is 0. The molecule has 0 radical (unpaired) electrons. The van der Waals surface area contributed by atoms with Gasteiger partial charge in [0.2, 0.25) is 0 Å². The highest BCUT2D eigenvalue weighted by atomic mass is 16.5. The monoisotopic (exact) mass is 778 g/mol. The van der Waals surface area contributed by atoms with Crippen LogP contribution in [0.15, 0.2) is 182 Å². The highest BCUT2D eigenvalue weighted by Gasteiger charge is 2.51. The molecule has 7 heteroatoms. The molecular formula is C54H30N6O. The SMILES string of the molecule is N#Cc1cc(-c2nc(-c3ccccc3)nc(-c3ccccc3)n2)cc(C#N)c1-n1c2ccccc2c2cc3c(cc21)-c1ccccc1C31c2ccccc2Oc2ccccc21. The number of rotatable bonds is 4. The van der Waals surface area contributed by atoms with Crippen LogP contribution in [0.5, 0.6) is 11.5 Å². The topological polar surface area (TPSA) is 100 Å². The molecule has 12 rings (SSSR count). The van der Waals surface area contributed by atoms with E-state index in [0.717, 1.165) is 72.2 Å². The molecule has 2 aromatic heterocycles. The van der Waals surface area contributed by atoms with Gasteiger partial charge in [0.05, 0.1) is 33.3 Å². The van der Waals surface area contributed by atoms with Crippen LogP contribution in [-0.2, 0) is 5.41 Å². The maximum Gasteiger partial charge on any atom is 0.164 e. The predicted octanol–water partition coefficient (Wildman–Crippen LogP) is 12.2. The summed E-state index contributed by atoms with van der Waals surface area (Å²) in [5.74, 6) is 3.01. The van der Waals surface area contributed by atoms with Gasteiger partial charge in [0.15, 0.2) is 17.5 Å². The van der Waals surface area contributed by atoms with Crippen molar-refractivity contribution >= 4 is 21.8 Å². The van der Waals surface area contributed by atoms with E-state index in [-0.39, 0.29) is 0 Å². The van der Waals surface area contributed by atoms with Gasteiger partial charge in [-0.3, -0.25) is 0 Å². The zero-order valence-corrected chi connectivity index (χ0v) is 32.4. The van der Waals surface area contributed by atoms with Crippen molar-refractivity contribution in [3.8, 4) is 74.6 Å². The van der Waals surface area contributed by atoms with Gasteiger partial charge in [-0.2, -0.15) is 10.5 Å². The summed E-state index contributed by atoms with van der Waals surface area (Å²) < 4.78 is 8.67. The van der Waals surface area contributed by atoms with Crippen molar-refractivity contribution in [2.24, 2.45) is 0 Å². The lowest BCUT2D eigenvalue weighted by Gasteiger charge is -2.39. The van der Waals surface area contributed by atoms with Gasteiger partial charge >= 0.3 is 0 Å². The number of nitriles is 2. The quantitative estimate of drug-likeness (QED) is 0.176. The second-order valence-corrected chi connectivity index (χ2v) is 15.3. The Morgan fingerprint density at radius 1 is 0.426 bits per heavy atom. The van der Waals surface area contributed by atoms with E-state index in [1.165, 1.54) is 5.56 Å². The molecule has 8 aromatic carbocycles. The minimum absolute atomic E-state index is 0.323. The van der Waals surface area contributed by atoms with E-state index >= 15 is 0 Å². The molecule has 0 atom stereocenters. The third kappa shape index (κ3) is 4.93. The van der Waals surface area contributed by atoms with Gasteiger partial charge in [-0.1, -0.05) is 140 Å². The van der Waals surface area contributed by atoms with Crippen molar-refractivity contribution in [3.63, 3.8) is 0 Å². The summed E-state index contributed by atoms with van der Waals surface area (Å²) in [6.07, 6.45) is 0. The lowest BCUT2D eigenvalue weighted by molar-refractivity contribution is 0.436. The summed E-state index contributed by atoms with van der Waals surface area (Å²) in [4.78, 5) is 14.7. The fourth-order valence-corrected chi connectivity index (χ4v) is 9.67. The zero-order chi connectivity index (χ0) is 40.7. The molecule has 0 N–H and O–H groups in total. The second kappa shape index (κ2) is 13.2. The predicted molar refractivity (Wildman–Crippen MR) is 237 cm³/mol. The lowest BCUT2D eigenvalue weighted by Crippen LogP contribution is -2.32. The fourth-order valence-electron chi connectivity index (χ4n) is 9.67. The summed E-state index contributed by atoms with van der Waals surface area (Å²) in [5, 5.41) is 24.1. The zero-order valence-electron chi connectivity index (χ0n) is 32.4. The summed E-state index contributed by atoms with van der Waals surface area (Å²) in [7, 11) is 0. The third-order valence-electron chi connectivity index (χ3n) is 12.2. The maximum atomic E-state index is 11.0. The van der Waals surface area contributed by atoms with Crippen LogP contribution in [-0.4, -0.2) is 19.5 Å². The number of nitrogens with zero attached hydrogens (tertiary/aromatic N) is 6. The molecule has 3 heterocycles. The van der Waals surface area contributed by atoms with E-state index in [0.29, 0.717) is 39.9 Å². The molecule has 10 aromatic rings. The van der Waals surface area contributed by atoms with Gasteiger partial charge < -0.3 is 9.30 Å². The smallest absolute Gasteiger partial charge is 0.164 e. The summed E-state index contributed by atoms with van der Waals surface area (Å²) in [5.41, 5.74) is 11.2. The van der Waals surface area contributed by atoms with Crippen LogP contribution in [0, 0.1) is 22.7 Å². The number of benzene rings is 8. The number of hydrogen-bond acceptors (Lipinski definition) is 6. The molecule has 0 unspecified atom stereocenters. The molecule has 61 heavy (non-hydrogen) atoms. The molecule has 2 aliphatic rings. The van der Waals surface area contributed by atoms with Crippen molar-refractivity contribution in [1.29, 1.82) is 10.5 Å². The molecule has 0 saturated carbocycles. The van der Waals surface area contributed by atoms with Crippen LogP contribution in [0.25, 0.3) is 72.8 Å². The first kappa shape index (κ1) is 34.4. The standard InChI is InChI=1S/C54H30N6O/c55-31-36-27-35(53-58-51(33-15-3-1-4-16-33)57-52(59-53)34-17-5-2-6-18-34)28-37(32-56)50(36)60-46-24-12-8-20-39(46)41-29-45-40(30-47(41)60)38-19-7-9-21-42(38)54(45)43-22-10-13-25-48(43)61-49-26-14-11-23-44(49)54/h1-30H.